The summed E-state index contributed by atoms with van der Waals surface area (Å²) < 4.78 is 28.1. The van der Waals surface area contributed by atoms with Crippen molar-refractivity contribution in [3.8, 4) is 0 Å². The number of halogens is 3. The van der Waals surface area contributed by atoms with Gasteiger partial charge >= 0.3 is 0 Å². The van der Waals surface area contributed by atoms with Crippen molar-refractivity contribution in [1.82, 2.24) is 0 Å². The van der Waals surface area contributed by atoms with Crippen molar-refractivity contribution in [3.63, 3.8) is 0 Å². The Hall–Kier alpha value is -1.30. The predicted octanol–water partition coefficient (Wildman–Crippen LogP) is 5.22. The second kappa shape index (κ2) is 5.83. The summed E-state index contributed by atoms with van der Waals surface area (Å²) in [5.74, 6) is -0.639. The number of aliphatic hydroxyl groups is 1. The zero-order chi connectivity index (χ0) is 15.0. The lowest BCUT2D eigenvalue weighted by molar-refractivity contribution is 0.182. The van der Waals surface area contributed by atoms with Crippen LogP contribution in [-0.2, 0) is 6.42 Å². The van der Waals surface area contributed by atoms with Gasteiger partial charge in [0.15, 0.2) is 0 Å². The first-order chi connectivity index (χ1) is 10.0. The van der Waals surface area contributed by atoms with Gasteiger partial charge < -0.3 is 5.11 Å². The Balaban J connectivity index is 1.87. The van der Waals surface area contributed by atoms with Crippen LogP contribution in [0.3, 0.4) is 0 Å². The minimum absolute atomic E-state index is 0.296. The summed E-state index contributed by atoms with van der Waals surface area (Å²) >= 11 is 4.65. The number of benzene rings is 2. The summed E-state index contributed by atoms with van der Waals surface area (Å²) in [5, 5.41) is 11.1. The molecule has 0 aliphatic rings. The van der Waals surface area contributed by atoms with Crippen LogP contribution in [-0.4, -0.2) is 5.11 Å². The molecule has 1 heterocycles. The summed E-state index contributed by atoms with van der Waals surface area (Å²) in [4.78, 5) is 0.746. The van der Waals surface area contributed by atoms with Crippen LogP contribution < -0.4 is 0 Å². The monoisotopic (exact) mass is 368 g/mol. The van der Waals surface area contributed by atoms with E-state index in [1.165, 1.54) is 35.6 Å². The smallest absolute Gasteiger partial charge is 0.124 e. The fourth-order valence-electron chi connectivity index (χ4n) is 2.25. The topological polar surface area (TPSA) is 20.2 Å². The van der Waals surface area contributed by atoms with Gasteiger partial charge in [-0.1, -0.05) is 15.9 Å². The maximum atomic E-state index is 13.3. The highest BCUT2D eigenvalue weighted by Gasteiger charge is 2.13. The largest absolute Gasteiger partial charge is 0.387 e. The summed E-state index contributed by atoms with van der Waals surface area (Å²) in [6, 6.07) is 10.9. The van der Waals surface area contributed by atoms with Crippen molar-refractivity contribution < 1.29 is 13.9 Å². The van der Waals surface area contributed by atoms with Gasteiger partial charge in [0.1, 0.15) is 11.6 Å². The zero-order valence-electron chi connectivity index (χ0n) is 10.8. The van der Waals surface area contributed by atoms with Crippen LogP contribution >= 0.6 is 27.3 Å². The van der Waals surface area contributed by atoms with Crippen LogP contribution in [0.5, 0.6) is 0 Å². The van der Waals surface area contributed by atoms with E-state index in [9.17, 15) is 13.9 Å². The van der Waals surface area contributed by atoms with Crippen molar-refractivity contribution in [2.75, 3.05) is 0 Å². The zero-order valence-corrected chi connectivity index (χ0v) is 13.2. The minimum Gasteiger partial charge on any atom is -0.387 e. The molecule has 0 bridgehead atoms. The first-order valence-corrected chi connectivity index (χ1v) is 7.94. The molecule has 0 saturated heterocycles. The Morgan fingerprint density at radius 1 is 1.05 bits per heavy atom. The van der Waals surface area contributed by atoms with E-state index in [4.69, 9.17) is 0 Å². The predicted molar refractivity (Wildman–Crippen MR) is 84.5 cm³/mol. The molecule has 21 heavy (non-hydrogen) atoms. The van der Waals surface area contributed by atoms with E-state index in [0.29, 0.717) is 16.5 Å². The molecule has 1 unspecified atom stereocenters. The normalized spacial score (nSPS) is 12.8. The molecule has 1 atom stereocenters. The maximum Gasteiger partial charge on any atom is 0.124 e. The van der Waals surface area contributed by atoms with E-state index in [-0.39, 0.29) is 11.6 Å². The van der Waals surface area contributed by atoms with Gasteiger partial charge in [0.2, 0.25) is 0 Å². The summed E-state index contributed by atoms with van der Waals surface area (Å²) in [6.45, 7) is 0. The van der Waals surface area contributed by atoms with Gasteiger partial charge in [0, 0.05) is 20.5 Å². The standard InChI is InChI=1S/C16H11BrF2OS/c17-11-3-9(4-13(19)8-11)5-14(20)16-7-10-6-12(18)1-2-15(10)21-16/h1-4,6-8,14,20H,5H2. The van der Waals surface area contributed by atoms with Crippen LogP contribution in [0.15, 0.2) is 46.9 Å². The SMILES string of the molecule is OC(Cc1cc(F)cc(Br)c1)c1cc2cc(F)ccc2s1. The van der Waals surface area contributed by atoms with Gasteiger partial charge in [-0.2, -0.15) is 0 Å². The molecular formula is C16H11BrF2OS. The van der Waals surface area contributed by atoms with Crippen molar-refractivity contribution in [3.05, 3.63) is 69.0 Å². The van der Waals surface area contributed by atoms with Gasteiger partial charge in [0.05, 0.1) is 6.10 Å². The molecule has 1 nitrogen and oxygen atoms in total. The van der Waals surface area contributed by atoms with Crippen molar-refractivity contribution in [2.45, 2.75) is 12.5 Å². The summed E-state index contributed by atoms with van der Waals surface area (Å²) in [7, 11) is 0. The summed E-state index contributed by atoms with van der Waals surface area (Å²) in [5.41, 5.74) is 0.706. The van der Waals surface area contributed by atoms with Gasteiger partial charge in [-0.15, -0.1) is 11.3 Å². The second-order valence-corrected chi connectivity index (χ2v) is 6.86. The molecule has 1 N–H and O–H groups in total. The lowest BCUT2D eigenvalue weighted by Crippen LogP contribution is -2.00. The summed E-state index contributed by atoms with van der Waals surface area (Å²) in [6.07, 6.45) is -0.426. The van der Waals surface area contributed by atoms with Crippen LogP contribution in [0.25, 0.3) is 10.1 Å². The third kappa shape index (κ3) is 3.31. The number of hydrogen-bond donors (Lipinski definition) is 1. The first kappa shape index (κ1) is 14.6. The molecule has 0 aliphatic carbocycles. The van der Waals surface area contributed by atoms with Gasteiger partial charge in [-0.3, -0.25) is 0 Å². The third-order valence-corrected chi connectivity index (χ3v) is 4.85. The van der Waals surface area contributed by atoms with E-state index < -0.39 is 6.10 Å². The molecule has 108 valence electrons. The molecule has 0 saturated carbocycles. The van der Waals surface area contributed by atoms with Crippen molar-refractivity contribution in [2.24, 2.45) is 0 Å². The Morgan fingerprint density at radius 3 is 2.62 bits per heavy atom. The molecule has 0 radical (unpaired) electrons. The first-order valence-electron chi connectivity index (χ1n) is 6.33. The van der Waals surface area contributed by atoms with Gasteiger partial charge in [-0.05, 0) is 53.4 Å². The number of aliphatic hydroxyl groups excluding tert-OH is 1. The Labute approximate surface area is 133 Å². The Morgan fingerprint density at radius 2 is 1.86 bits per heavy atom. The van der Waals surface area contributed by atoms with Crippen molar-refractivity contribution >= 4 is 37.4 Å². The highest BCUT2D eigenvalue weighted by molar-refractivity contribution is 9.10. The molecule has 0 aliphatic heterocycles. The van der Waals surface area contributed by atoms with E-state index in [2.05, 4.69) is 15.9 Å². The molecule has 1 aromatic heterocycles. The van der Waals surface area contributed by atoms with E-state index in [0.717, 1.165) is 15.0 Å². The number of thiophene rings is 1. The molecule has 3 rings (SSSR count). The van der Waals surface area contributed by atoms with Gasteiger partial charge in [-0.25, -0.2) is 8.78 Å². The quantitative estimate of drug-likeness (QED) is 0.671. The molecule has 2 aromatic carbocycles. The van der Waals surface area contributed by atoms with E-state index >= 15 is 0 Å². The molecular weight excluding hydrogens is 358 g/mol. The fourth-order valence-corrected chi connectivity index (χ4v) is 3.80. The average molecular weight is 369 g/mol. The van der Waals surface area contributed by atoms with Crippen molar-refractivity contribution in [1.29, 1.82) is 0 Å². The Kier molecular flexibility index (Phi) is 4.06. The number of hydrogen-bond acceptors (Lipinski definition) is 2. The molecule has 3 aromatic rings. The molecule has 5 heteroatoms. The van der Waals surface area contributed by atoms with Crippen LogP contribution in [0.2, 0.25) is 0 Å². The lowest BCUT2D eigenvalue weighted by Gasteiger charge is -2.09. The number of rotatable bonds is 3. The lowest BCUT2D eigenvalue weighted by atomic mass is 10.1. The highest BCUT2D eigenvalue weighted by atomic mass is 79.9. The maximum absolute atomic E-state index is 13.3. The number of fused-ring (bicyclic) bond motifs is 1. The molecule has 0 spiro atoms. The Bertz CT molecular complexity index is 780. The van der Waals surface area contributed by atoms with Crippen LogP contribution in [0, 0.1) is 11.6 Å². The molecule has 0 amide bonds. The minimum atomic E-state index is -0.737. The van der Waals surface area contributed by atoms with Crippen LogP contribution in [0.1, 0.15) is 16.5 Å². The van der Waals surface area contributed by atoms with E-state index in [1.54, 1.807) is 18.2 Å². The molecule has 0 fully saturated rings. The fraction of sp³-hybridized carbons (Fsp3) is 0.125. The van der Waals surface area contributed by atoms with Gasteiger partial charge in [0.25, 0.3) is 0 Å². The third-order valence-electron chi connectivity index (χ3n) is 3.18. The second-order valence-electron chi connectivity index (χ2n) is 4.83. The van der Waals surface area contributed by atoms with Crippen LogP contribution in [0.4, 0.5) is 8.78 Å². The highest BCUT2D eigenvalue weighted by Crippen LogP contribution is 2.32. The average Bonchev–Trinajstić information content (AvgIpc) is 2.80. The van der Waals surface area contributed by atoms with E-state index in [1.807, 2.05) is 0 Å².